The molecule has 0 atom stereocenters. The molecule has 0 aromatic heterocycles. The van der Waals surface area contributed by atoms with Crippen LogP contribution in [0.4, 0.5) is 5.69 Å². The van der Waals surface area contributed by atoms with Gasteiger partial charge in [0.2, 0.25) is 0 Å². The highest BCUT2D eigenvalue weighted by atomic mass is 79.9. The largest absolute Gasteiger partial charge is 0.483 e. The molecule has 0 saturated heterocycles. The third kappa shape index (κ3) is 5.65. The van der Waals surface area contributed by atoms with E-state index in [4.69, 9.17) is 17.0 Å². The van der Waals surface area contributed by atoms with Gasteiger partial charge in [-0.05, 0) is 67.5 Å². The fraction of sp³-hybridized carbons (Fsp3) is 0.176. The van der Waals surface area contributed by atoms with Gasteiger partial charge in [0.15, 0.2) is 11.7 Å². The van der Waals surface area contributed by atoms with Crippen LogP contribution in [0.25, 0.3) is 0 Å². The molecule has 0 radical (unpaired) electrons. The zero-order valence-corrected chi connectivity index (χ0v) is 15.3. The molecule has 2 aromatic carbocycles. The standard InChI is InChI=1S/C17H17BrN2O2S/c1-11-3-4-12(2)15(9-11)22-10-16(21)20-17(23)19-14-7-5-13(18)6-8-14/h3-9H,10H2,1-2H3,(H2,19,20,21,23). The maximum Gasteiger partial charge on any atom is 0.264 e. The molecule has 0 unspecified atom stereocenters. The number of carbonyl (C=O) groups is 1. The lowest BCUT2D eigenvalue weighted by Gasteiger charge is -2.12. The molecule has 6 heteroatoms. The molecule has 1 amide bonds. The summed E-state index contributed by atoms with van der Waals surface area (Å²) in [7, 11) is 0. The minimum Gasteiger partial charge on any atom is -0.483 e. The maximum atomic E-state index is 11.9. The van der Waals surface area contributed by atoms with Crippen molar-refractivity contribution in [3.8, 4) is 5.75 Å². The molecule has 2 rings (SSSR count). The van der Waals surface area contributed by atoms with Crippen molar-refractivity contribution in [2.24, 2.45) is 0 Å². The van der Waals surface area contributed by atoms with E-state index in [-0.39, 0.29) is 17.6 Å². The molecule has 0 aliphatic rings. The van der Waals surface area contributed by atoms with Gasteiger partial charge in [0.25, 0.3) is 5.91 Å². The monoisotopic (exact) mass is 392 g/mol. The van der Waals surface area contributed by atoms with Crippen LogP contribution in [-0.4, -0.2) is 17.6 Å². The van der Waals surface area contributed by atoms with Gasteiger partial charge in [-0.1, -0.05) is 28.1 Å². The molecule has 23 heavy (non-hydrogen) atoms. The average molecular weight is 393 g/mol. The van der Waals surface area contributed by atoms with Crippen LogP contribution >= 0.6 is 28.1 Å². The van der Waals surface area contributed by atoms with Crippen molar-refractivity contribution in [3.05, 3.63) is 58.1 Å². The molecule has 0 fully saturated rings. The number of carbonyl (C=O) groups excluding carboxylic acids is 1. The third-order valence-corrected chi connectivity index (χ3v) is 3.79. The molecule has 0 bridgehead atoms. The molecule has 0 heterocycles. The second kappa shape index (κ2) is 8.08. The second-order valence-corrected chi connectivity index (χ2v) is 6.39. The van der Waals surface area contributed by atoms with E-state index < -0.39 is 0 Å². The minimum atomic E-state index is -0.305. The Balaban J connectivity index is 1.83. The van der Waals surface area contributed by atoms with Crippen molar-refractivity contribution in [2.75, 3.05) is 11.9 Å². The van der Waals surface area contributed by atoms with Crippen LogP contribution in [0.5, 0.6) is 5.75 Å². The predicted octanol–water partition coefficient (Wildman–Crippen LogP) is 3.96. The smallest absolute Gasteiger partial charge is 0.264 e. The van der Waals surface area contributed by atoms with Crippen LogP contribution in [0.1, 0.15) is 11.1 Å². The number of ether oxygens (including phenoxy) is 1. The number of hydrogen-bond acceptors (Lipinski definition) is 3. The number of hydrogen-bond donors (Lipinski definition) is 2. The summed E-state index contributed by atoms with van der Waals surface area (Å²) in [6.07, 6.45) is 0. The van der Waals surface area contributed by atoms with Crippen LogP contribution in [0, 0.1) is 13.8 Å². The lowest BCUT2D eigenvalue weighted by atomic mass is 10.1. The first-order chi connectivity index (χ1) is 10.9. The number of halogens is 1. The normalized spacial score (nSPS) is 10.0. The lowest BCUT2D eigenvalue weighted by molar-refractivity contribution is -0.121. The first-order valence-corrected chi connectivity index (χ1v) is 8.20. The minimum absolute atomic E-state index is 0.0908. The van der Waals surface area contributed by atoms with E-state index in [0.717, 1.165) is 21.3 Å². The van der Waals surface area contributed by atoms with Crippen molar-refractivity contribution in [2.45, 2.75) is 13.8 Å². The summed E-state index contributed by atoms with van der Waals surface area (Å²) in [6, 6.07) is 13.3. The van der Waals surface area contributed by atoms with Gasteiger partial charge in [-0.2, -0.15) is 0 Å². The van der Waals surface area contributed by atoms with E-state index in [1.165, 1.54) is 0 Å². The Bertz CT molecular complexity index is 717. The molecule has 0 aliphatic carbocycles. The van der Waals surface area contributed by atoms with Gasteiger partial charge < -0.3 is 10.1 Å². The van der Waals surface area contributed by atoms with E-state index >= 15 is 0 Å². The number of anilines is 1. The van der Waals surface area contributed by atoms with Crippen LogP contribution in [0.3, 0.4) is 0 Å². The quantitative estimate of drug-likeness (QED) is 0.773. The summed E-state index contributed by atoms with van der Waals surface area (Å²) in [6.45, 7) is 3.82. The zero-order chi connectivity index (χ0) is 16.8. The van der Waals surface area contributed by atoms with Crippen molar-refractivity contribution in [3.63, 3.8) is 0 Å². The number of benzene rings is 2. The Morgan fingerprint density at radius 3 is 2.57 bits per heavy atom. The van der Waals surface area contributed by atoms with E-state index in [9.17, 15) is 4.79 Å². The predicted molar refractivity (Wildman–Crippen MR) is 99.9 cm³/mol. The van der Waals surface area contributed by atoms with E-state index in [0.29, 0.717) is 5.75 Å². The zero-order valence-electron chi connectivity index (χ0n) is 12.9. The Labute approximate surface area is 149 Å². The highest BCUT2D eigenvalue weighted by Gasteiger charge is 2.07. The molecule has 2 N–H and O–H groups in total. The van der Waals surface area contributed by atoms with Gasteiger partial charge in [0.05, 0.1) is 0 Å². The fourth-order valence-corrected chi connectivity index (χ4v) is 2.36. The van der Waals surface area contributed by atoms with Gasteiger partial charge in [-0.15, -0.1) is 0 Å². The van der Waals surface area contributed by atoms with E-state index in [1.807, 2.05) is 56.3 Å². The van der Waals surface area contributed by atoms with Gasteiger partial charge in [-0.25, -0.2) is 0 Å². The number of rotatable bonds is 4. The summed E-state index contributed by atoms with van der Waals surface area (Å²) in [5.41, 5.74) is 2.87. The second-order valence-electron chi connectivity index (χ2n) is 5.07. The summed E-state index contributed by atoms with van der Waals surface area (Å²) in [4.78, 5) is 11.9. The Hall–Kier alpha value is -1.92. The van der Waals surface area contributed by atoms with Crippen molar-refractivity contribution in [1.82, 2.24) is 5.32 Å². The molecule has 4 nitrogen and oxygen atoms in total. The average Bonchev–Trinajstić information content (AvgIpc) is 2.50. The Morgan fingerprint density at radius 2 is 1.87 bits per heavy atom. The van der Waals surface area contributed by atoms with E-state index in [2.05, 4.69) is 26.6 Å². The number of nitrogens with one attached hydrogen (secondary N) is 2. The Kier molecular flexibility index (Phi) is 6.12. The lowest BCUT2D eigenvalue weighted by Crippen LogP contribution is -2.37. The summed E-state index contributed by atoms with van der Waals surface area (Å²) < 4.78 is 6.51. The highest BCUT2D eigenvalue weighted by Crippen LogP contribution is 2.18. The first kappa shape index (κ1) is 17.4. The summed E-state index contributed by atoms with van der Waals surface area (Å²) in [5.74, 6) is 0.396. The van der Waals surface area contributed by atoms with Gasteiger partial charge >= 0.3 is 0 Å². The van der Waals surface area contributed by atoms with Gasteiger partial charge in [0, 0.05) is 10.2 Å². The van der Waals surface area contributed by atoms with Crippen molar-refractivity contribution < 1.29 is 9.53 Å². The first-order valence-electron chi connectivity index (χ1n) is 7.00. The van der Waals surface area contributed by atoms with Crippen molar-refractivity contribution >= 4 is 44.9 Å². The molecule has 2 aromatic rings. The highest BCUT2D eigenvalue weighted by molar-refractivity contribution is 9.10. The van der Waals surface area contributed by atoms with Crippen LogP contribution in [0.2, 0.25) is 0 Å². The SMILES string of the molecule is Cc1ccc(C)c(OCC(=O)NC(=S)Nc2ccc(Br)cc2)c1. The van der Waals surface area contributed by atoms with E-state index in [1.54, 1.807) is 0 Å². The molecule has 0 spiro atoms. The molecular formula is C17H17BrN2O2S. The van der Waals surface area contributed by atoms with Crippen LogP contribution < -0.4 is 15.4 Å². The number of amides is 1. The molecule has 0 saturated carbocycles. The summed E-state index contributed by atoms with van der Waals surface area (Å²) >= 11 is 8.47. The van der Waals surface area contributed by atoms with Gasteiger partial charge in [0.1, 0.15) is 5.75 Å². The number of thiocarbonyl (C=S) groups is 1. The van der Waals surface area contributed by atoms with Crippen LogP contribution in [0.15, 0.2) is 46.9 Å². The topological polar surface area (TPSA) is 50.4 Å². The molecule has 0 aliphatic heterocycles. The summed E-state index contributed by atoms with van der Waals surface area (Å²) in [5, 5.41) is 5.77. The Morgan fingerprint density at radius 1 is 1.17 bits per heavy atom. The van der Waals surface area contributed by atoms with Crippen LogP contribution in [-0.2, 0) is 4.79 Å². The third-order valence-electron chi connectivity index (χ3n) is 3.06. The number of aryl methyl sites for hydroxylation is 2. The molecule has 120 valence electrons. The van der Waals surface area contributed by atoms with Crippen molar-refractivity contribution in [1.29, 1.82) is 0 Å². The molecular weight excluding hydrogens is 376 g/mol. The van der Waals surface area contributed by atoms with Gasteiger partial charge in [-0.3, -0.25) is 10.1 Å². The maximum absolute atomic E-state index is 11.9. The fourth-order valence-electron chi connectivity index (χ4n) is 1.86.